The number of fused-ring (bicyclic) bond motifs is 5. The van der Waals surface area contributed by atoms with Crippen LogP contribution in [0.15, 0.2) is 59.4 Å². The second-order valence-electron chi connectivity index (χ2n) is 22.8. The number of esters is 1. The van der Waals surface area contributed by atoms with Crippen molar-refractivity contribution in [3.05, 3.63) is 110 Å². The van der Waals surface area contributed by atoms with Gasteiger partial charge in [0.05, 0.1) is 61.2 Å². The molecule has 0 bridgehead atoms. The number of nitrogens with one attached hydrogen (secondary N) is 6. The Morgan fingerprint density at radius 2 is 1.53 bits per heavy atom. The van der Waals surface area contributed by atoms with Gasteiger partial charge >= 0.3 is 18.0 Å². The predicted octanol–water partition coefficient (Wildman–Crippen LogP) is 0.191. The Morgan fingerprint density at radius 3 is 2.18 bits per heavy atom. The number of amides is 9. The van der Waals surface area contributed by atoms with E-state index in [2.05, 4.69) is 31.9 Å². The number of aryl methyl sites for hydroxylation is 1. The molecule has 2 aromatic heterocycles. The fourth-order valence-electron chi connectivity index (χ4n) is 11.1. The van der Waals surface area contributed by atoms with E-state index in [0.717, 1.165) is 12.2 Å². The molecule has 28 heteroatoms. The average molecular weight is 1210 g/mol. The first-order valence-corrected chi connectivity index (χ1v) is 28.2. The molecule has 0 spiro atoms. The molecule has 2 aliphatic carbocycles. The standard InChI is InChI=1S/C59H65FN10O17/c1-6-59(84)35-19-40-50-33(24-69(40)55(81)34(35)27-85-56(59)82)49-37(15-14-32-29(2)36(60)20-38(66-50)48(32)49)67-54(80)51(31-12-13-31)86-28-64-43(72)22-62-52(78)39(18-30-10-8-7-9-11-30)65-44(73)23-61-42(71)21-63-53(79)41(70-45(74)16-17-46(70)75)25-68(26-47(76)77)57(83)87-58(3,4)5/h7-11,16-17,19-20,31,37,39,41,51,84H,6,12-15,18,21-28H2,1-5H3,(H,61,71)(H,62,78)(H,63,79)(H,64,72)(H,65,73)(H,67,80)(H,76,77)/t37-,39-,41-,51+,59-/m0/s1. The van der Waals surface area contributed by atoms with Gasteiger partial charge < -0.3 is 60.9 Å². The van der Waals surface area contributed by atoms with Crippen LogP contribution in [0.4, 0.5) is 9.18 Å². The maximum absolute atomic E-state index is 15.6. The summed E-state index contributed by atoms with van der Waals surface area (Å²) in [6.07, 6.45) is 1.40. The number of carboxylic acids is 1. The summed E-state index contributed by atoms with van der Waals surface area (Å²) in [5.74, 6) is -9.95. The van der Waals surface area contributed by atoms with Crippen LogP contribution < -0.4 is 37.5 Å². The van der Waals surface area contributed by atoms with Crippen molar-refractivity contribution in [1.82, 2.24) is 51.3 Å². The summed E-state index contributed by atoms with van der Waals surface area (Å²) in [5, 5.41) is 36.8. The number of rotatable bonds is 23. The van der Waals surface area contributed by atoms with Crippen LogP contribution >= 0.6 is 0 Å². The van der Waals surface area contributed by atoms with Gasteiger partial charge in [-0.2, -0.15) is 0 Å². The van der Waals surface area contributed by atoms with Crippen LogP contribution in [0.5, 0.6) is 0 Å². The molecule has 1 saturated carbocycles. The summed E-state index contributed by atoms with van der Waals surface area (Å²) in [5.41, 5.74) is 0.502. The summed E-state index contributed by atoms with van der Waals surface area (Å²) in [6.45, 7) is 3.05. The fourth-order valence-corrected chi connectivity index (χ4v) is 11.1. The Morgan fingerprint density at radius 1 is 0.862 bits per heavy atom. The third kappa shape index (κ3) is 13.5. The van der Waals surface area contributed by atoms with Crippen molar-refractivity contribution in [2.45, 2.75) is 122 Å². The molecule has 5 atom stereocenters. The van der Waals surface area contributed by atoms with E-state index in [-0.39, 0.29) is 43.0 Å². The van der Waals surface area contributed by atoms with Gasteiger partial charge in [0.1, 0.15) is 49.5 Å². The lowest BCUT2D eigenvalue weighted by Crippen LogP contribution is -2.57. The number of ether oxygens (including phenoxy) is 3. The lowest BCUT2D eigenvalue weighted by atomic mass is 9.81. The van der Waals surface area contributed by atoms with Crippen LogP contribution in [0.2, 0.25) is 0 Å². The zero-order chi connectivity index (χ0) is 62.8. The van der Waals surface area contributed by atoms with Gasteiger partial charge in [-0.1, -0.05) is 37.3 Å². The van der Waals surface area contributed by atoms with Crippen molar-refractivity contribution in [2.75, 3.05) is 39.5 Å². The van der Waals surface area contributed by atoms with Crippen molar-refractivity contribution in [3.63, 3.8) is 0 Å². The number of aliphatic hydroxyl groups is 1. The van der Waals surface area contributed by atoms with E-state index in [9.17, 15) is 67.7 Å². The van der Waals surface area contributed by atoms with Crippen molar-refractivity contribution >= 4 is 76.2 Å². The van der Waals surface area contributed by atoms with Gasteiger partial charge in [-0.05, 0) is 94.0 Å². The highest BCUT2D eigenvalue weighted by atomic mass is 19.1. The number of hydrogen-bond donors (Lipinski definition) is 8. The molecule has 0 radical (unpaired) electrons. The van der Waals surface area contributed by atoms with E-state index >= 15 is 4.39 Å². The summed E-state index contributed by atoms with van der Waals surface area (Å²) in [4.78, 5) is 164. The number of aliphatic carboxylic acids is 1. The summed E-state index contributed by atoms with van der Waals surface area (Å²) >= 11 is 0. The zero-order valence-electron chi connectivity index (χ0n) is 48.2. The van der Waals surface area contributed by atoms with Gasteiger partial charge in [0.25, 0.3) is 17.4 Å². The van der Waals surface area contributed by atoms with Crippen LogP contribution in [0.3, 0.4) is 0 Å². The highest BCUT2D eigenvalue weighted by molar-refractivity contribution is 6.15. The lowest BCUT2D eigenvalue weighted by Gasteiger charge is -2.31. The molecule has 4 aromatic rings. The highest BCUT2D eigenvalue weighted by Gasteiger charge is 2.47. The van der Waals surface area contributed by atoms with Crippen molar-refractivity contribution in [2.24, 2.45) is 5.92 Å². The number of imide groups is 1. The first-order valence-electron chi connectivity index (χ1n) is 28.2. The third-order valence-electron chi connectivity index (χ3n) is 15.6. The number of carboxylic acid groups (broad SMARTS) is 1. The quantitative estimate of drug-likeness (QED) is 0.0246. The van der Waals surface area contributed by atoms with Gasteiger partial charge in [0.2, 0.25) is 35.4 Å². The maximum Gasteiger partial charge on any atom is 0.410 e. The molecule has 27 nitrogen and oxygen atoms in total. The minimum atomic E-state index is -2.08. The highest BCUT2D eigenvalue weighted by Crippen LogP contribution is 2.46. The fraction of sp³-hybridized carbons (Fsp3) is 0.441. The molecule has 460 valence electrons. The number of halogens is 1. The minimum Gasteiger partial charge on any atom is -0.480 e. The number of carbonyl (C=O) groups is 11. The molecular weight excluding hydrogens is 1140 g/mol. The van der Waals surface area contributed by atoms with Crippen LogP contribution in [0.1, 0.15) is 98.4 Å². The molecule has 9 amide bonds. The van der Waals surface area contributed by atoms with Crippen LogP contribution in [-0.4, -0.2) is 158 Å². The smallest absolute Gasteiger partial charge is 0.410 e. The number of benzene rings is 2. The van der Waals surface area contributed by atoms with Crippen LogP contribution in [0, 0.1) is 18.7 Å². The van der Waals surface area contributed by atoms with Crippen molar-refractivity contribution < 1.29 is 81.6 Å². The van der Waals surface area contributed by atoms with E-state index in [1.165, 1.54) is 31.4 Å². The SMILES string of the molecule is CC[C@@]1(O)C(=O)OCc2c1cc1n(c2=O)Cc2c-1nc1cc(F)c(C)c3c1c2[C@@H](NC(=O)[C@H](OCNC(=O)CNC(=O)[C@H](Cc1ccccc1)NC(=O)CNC(=O)CNC(=O)[C@H](CN(CC(=O)O)C(=O)OC(C)(C)C)N1C(=O)C=CC1=O)C1CC1)CC3. The predicted molar refractivity (Wildman–Crippen MR) is 300 cm³/mol. The van der Waals surface area contributed by atoms with Gasteiger partial charge in [-0.15, -0.1) is 0 Å². The summed E-state index contributed by atoms with van der Waals surface area (Å²) < 4.78 is 33.5. The first kappa shape index (κ1) is 62.1. The molecular formula is C59H65FN10O17. The Hall–Kier alpha value is -9.44. The molecule has 5 heterocycles. The van der Waals surface area contributed by atoms with Crippen LogP contribution in [-0.2, 0) is 93.8 Å². The monoisotopic (exact) mass is 1200 g/mol. The number of pyridine rings is 2. The second kappa shape index (κ2) is 25.3. The molecule has 1 fully saturated rings. The van der Waals surface area contributed by atoms with E-state index in [1.54, 1.807) is 50.2 Å². The number of carbonyl (C=O) groups excluding carboxylic acids is 10. The van der Waals surface area contributed by atoms with Gasteiger partial charge in [0, 0.05) is 41.2 Å². The molecule has 8 N–H and O–H groups in total. The second-order valence-corrected chi connectivity index (χ2v) is 22.8. The molecule has 0 unspecified atom stereocenters. The molecule has 0 saturated heterocycles. The lowest BCUT2D eigenvalue weighted by molar-refractivity contribution is -0.172. The third-order valence-corrected chi connectivity index (χ3v) is 15.6. The molecule has 9 rings (SSSR count). The van der Waals surface area contributed by atoms with Gasteiger partial charge in [-0.25, -0.2) is 19.0 Å². The Bertz CT molecular complexity index is 3620. The van der Waals surface area contributed by atoms with E-state index in [4.69, 9.17) is 19.2 Å². The number of cyclic esters (lactones) is 1. The van der Waals surface area contributed by atoms with Crippen molar-refractivity contribution in [3.8, 4) is 11.4 Å². The Kier molecular flexibility index (Phi) is 18.0. The first-order chi connectivity index (χ1) is 41.3. The summed E-state index contributed by atoms with van der Waals surface area (Å²) in [6, 6.07) is 7.59. The number of nitrogens with zero attached hydrogens (tertiary/aromatic N) is 4. The summed E-state index contributed by atoms with van der Waals surface area (Å²) in [7, 11) is 0. The Labute approximate surface area is 495 Å². The minimum absolute atomic E-state index is 0.0284. The largest absolute Gasteiger partial charge is 0.480 e. The number of aromatic nitrogens is 2. The van der Waals surface area contributed by atoms with E-state index < -0.39 is 152 Å². The Balaban J connectivity index is 0.801. The van der Waals surface area contributed by atoms with Gasteiger partial charge in [-0.3, -0.25) is 57.7 Å². The van der Waals surface area contributed by atoms with E-state index in [1.807, 2.05) is 0 Å². The number of hydrogen-bond acceptors (Lipinski definition) is 17. The van der Waals surface area contributed by atoms with Gasteiger partial charge in [0.15, 0.2) is 5.60 Å². The van der Waals surface area contributed by atoms with Crippen LogP contribution in [0.25, 0.3) is 22.3 Å². The molecule has 5 aliphatic rings. The zero-order valence-corrected chi connectivity index (χ0v) is 48.2. The molecule has 2 aromatic carbocycles. The average Bonchev–Trinajstić information content (AvgIpc) is 1.70. The molecule has 3 aliphatic heterocycles. The van der Waals surface area contributed by atoms with E-state index in [0.29, 0.717) is 85.6 Å². The van der Waals surface area contributed by atoms with Crippen molar-refractivity contribution in [1.29, 1.82) is 0 Å². The normalized spacial score (nSPS) is 18.3. The topological polar surface area (TPSA) is 369 Å². The maximum atomic E-state index is 15.6. The molecule has 87 heavy (non-hydrogen) atoms.